The second-order valence-electron chi connectivity index (χ2n) is 4.94. The predicted molar refractivity (Wildman–Crippen MR) is 111 cm³/mol. The lowest BCUT2D eigenvalue weighted by molar-refractivity contribution is 0.340. The lowest BCUT2D eigenvalue weighted by Crippen LogP contribution is -2.25. The van der Waals surface area contributed by atoms with Crippen LogP contribution in [-0.2, 0) is 0 Å². The van der Waals surface area contributed by atoms with Gasteiger partial charge in [-0.1, -0.05) is 40.9 Å². The minimum atomic E-state index is 0.297. The van der Waals surface area contributed by atoms with Crippen LogP contribution in [0.5, 0.6) is 5.75 Å². The van der Waals surface area contributed by atoms with Crippen LogP contribution in [0.3, 0.4) is 0 Å². The zero-order valence-electron chi connectivity index (χ0n) is 13.6. The van der Waals surface area contributed by atoms with Crippen LogP contribution in [0.25, 0.3) is 0 Å². The zero-order valence-corrected chi connectivity index (χ0v) is 16.7. The number of hydrogen-bond acceptors (Lipinski definition) is 3. The van der Waals surface area contributed by atoms with Gasteiger partial charge in [0.25, 0.3) is 0 Å². The zero-order chi connectivity index (χ0) is 18.4. The summed E-state index contributed by atoms with van der Waals surface area (Å²) in [7, 11) is 0. The molecule has 0 bridgehead atoms. The quantitative estimate of drug-likeness (QED) is 0.282. The van der Waals surface area contributed by atoms with Gasteiger partial charge in [-0.05, 0) is 56.4 Å². The molecule has 0 atom stereocenters. The van der Waals surface area contributed by atoms with Crippen LogP contribution in [0.4, 0.5) is 5.69 Å². The summed E-state index contributed by atoms with van der Waals surface area (Å²) in [5.74, 6) is 0.801. The van der Waals surface area contributed by atoms with Crippen LogP contribution in [0.1, 0.15) is 19.4 Å². The molecule has 0 aliphatic carbocycles. The number of ether oxygens (including phenoxy) is 1. The van der Waals surface area contributed by atoms with Crippen LogP contribution < -0.4 is 15.5 Å². The molecule has 25 heavy (non-hydrogen) atoms. The Balaban J connectivity index is 2.00. The SMILES string of the molecule is CCOc1ccc(NC(=S)N/N=C(\C)c2ccc(Cl)c(Cl)c2Cl)cc1. The number of thiocarbonyl (C=S) groups is 1. The van der Waals surface area contributed by atoms with E-state index in [1.807, 2.05) is 31.2 Å². The van der Waals surface area contributed by atoms with Crippen molar-refractivity contribution < 1.29 is 4.74 Å². The molecule has 0 unspecified atom stereocenters. The second kappa shape index (κ2) is 9.25. The van der Waals surface area contributed by atoms with Crippen molar-refractivity contribution in [3.63, 3.8) is 0 Å². The number of rotatable bonds is 5. The summed E-state index contributed by atoms with van der Waals surface area (Å²) in [6.07, 6.45) is 0. The average Bonchev–Trinajstić information content (AvgIpc) is 2.60. The third kappa shape index (κ3) is 5.47. The van der Waals surface area contributed by atoms with Gasteiger partial charge in [-0.3, -0.25) is 5.43 Å². The van der Waals surface area contributed by atoms with Gasteiger partial charge in [0.15, 0.2) is 5.11 Å². The molecule has 132 valence electrons. The van der Waals surface area contributed by atoms with Crippen molar-refractivity contribution >= 4 is 63.5 Å². The Morgan fingerprint density at radius 3 is 2.40 bits per heavy atom. The molecule has 2 aromatic carbocycles. The van der Waals surface area contributed by atoms with E-state index in [4.69, 9.17) is 51.8 Å². The number of nitrogens with one attached hydrogen (secondary N) is 2. The van der Waals surface area contributed by atoms with Gasteiger partial charge in [-0.25, -0.2) is 0 Å². The van der Waals surface area contributed by atoms with Gasteiger partial charge in [0, 0.05) is 11.3 Å². The molecular formula is C17H16Cl3N3OS. The van der Waals surface area contributed by atoms with E-state index in [2.05, 4.69) is 15.8 Å². The van der Waals surface area contributed by atoms with Gasteiger partial charge in [-0.2, -0.15) is 5.10 Å². The first-order chi connectivity index (χ1) is 11.9. The monoisotopic (exact) mass is 415 g/mol. The van der Waals surface area contributed by atoms with E-state index in [0.29, 0.717) is 38.1 Å². The number of anilines is 1. The van der Waals surface area contributed by atoms with E-state index < -0.39 is 0 Å². The van der Waals surface area contributed by atoms with E-state index in [-0.39, 0.29) is 0 Å². The molecular weight excluding hydrogens is 401 g/mol. The van der Waals surface area contributed by atoms with Crippen molar-refractivity contribution in [1.29, 1.82) is 0 Å². The fraction of sp³-hybridized carbons (Fsp3) is 0.176. The lowest BCUT2D eigenvalue weighted by atomic mass is 10.1. The fourth-order valence-electron chi connectivity index (χ4n) is 1.96. The third-order valence-electron chi connectivity index (χ3n) is 3.17. The van der Waals surface area contributed by atoms with Crippen molar-refractivity contribution in [3.05, 3.63) is 57.0 Å². The first-order valence-corrected chi connectivity index (χ1v) is 8.94. The Bertz CT molecular complexity index is 794. The number of hydrazone groups is 1. The van der Waals surface area contributed by atoms with E-state index in [1.165, 1.54) is 0 Å². The highest BCUT2D eigenvalue weighted by Gasteiger charge is 2.11. The molecule has 0 saturated carbocycles. The maximum atomic E-state index is 6.19. The Labute approximate surface area is 167 Å². The highest BCUT2D eigenvalue weighted by atomic mass is 35.5. The van der Waals surface area contributed by atoms with Gasteiger partial charge in [0.2, 0.25) is 0 Å². The number of halogens is 3. The van der Waals surface area contributed by atoms with Crippen LogP contribution in [0.15, 0.2) is 41.5 Å². The van der Waals surface area contributed by atoms with Crippen LogP contribution in [0.2, 0.25) is 15.1 Å². The van der Waals surface area contributed by atoms with Gasteiger partial charge in [0.1, 0.15) is 5.75 Å². The molecule has 2 aromatic rings. The van der Waals surface area contributed by atoms with Gasteiger partial charge in [0.05, 0.1) is 27.4 Å². The predicted octanol–water partition coefficient (Wildman–Crippen LogP) is 5.76. The van der Waals surface area contributed by atoms with Crippen LogP contribution >= 0.6 is 47.0 Å². The van der Waals surface area contributed by atoms with Crippen molar-refractivity contribution in [3.8, 4) is 5.75 Å². The molecule has 0 saturated heterocycles. The van der Waals surface area contributed by atoms with Gasteiger partial charge in [-0.15, -0.1) is 0 Å². The van der Waals surface area contributed by atoms with Gasteiger partial charge < -0.3 is 10.1 Å². The number of benzene rings is 2. The lowest BCUT2D eigenvalue weighted by Gasteiger charge is -2.10. The molecule has 0 heterocycles. The first-order valence-electron chi connectivity index (χ1n) is 7.40. The highest BCUT2D eigenvalue weighted by molar-refractivity contribution is 7.80. The van der Waals surface area contributed by atoms with Crippen molar-refractivity contribution in [2.24, 2.45) is 5.10 Å². The average molecular weight is 417 g/mol. The summed E-state index contributed by atoms with van der Waals surface area (Å²) in [6.45, 7) is 4.35. The normalized spacial score (nSPS) is 11.2. The first kappa shape index (κ1) is 19.8. The highest BCUT2D eigenvalue weighted by Crippen LogP contribution is 2.32. The second-order valence-corrected chi connectivity index (χ2v) is 6.51. The minimum Gasteiger partial charge on any atom is -0.494 e. The van der Waals surface area contributed by atoms with Crippen molar-refractivity contribution in [2.45, 2.75) is 13.8 Å². The molecule has 0 aliphatic heterocycles. The molecule has 0 aliphatic rings. The summed E-state index contributed by atoms with van der Waals surface area (Å²) >= 11 is 23.4. The van der Waals surface area contributed by atoms with E-state index in [9.17, 15) is 0 Å². The molecule has 4 nitrogen and oxygen atoms in total. The smallest absolute Gasteiger partial charge is 0.191 e. The maximum Gasteiger partial charge on any atom is 0.191 e. The largest absolute Gasteiger partial charge is 0.494 e. The van der Waals surface area contributed by atoms with E-state index in [1.54, 1.807) is 19.1 Å². The molecule has 0 aromatic heterocycles. The molecule has 0 spiro atoms. The Hall–Kier alpha value is -1.53. The van der Waals surface area contributed by atoms with Gasteiger partial charge >= 0.3 is 0 Å². The van der Waals surface area contributed by atoms with E-state index in [0.717, 1.165) is 11.4 Å². The summed E-state index contributed by atoms with van der Waals surface area (Å²) in [5.41, 5.74) is 4.89. The summed E-state index contributed by atoms with van der Waals surface area (Å²) in [4.78, 5) is 0. The van der Waals surface area contributed by atoms with Crippen molar-refractivity contribution in [2.75, 3.05) is 11.9 Å². The number of nitrogens with zero attached hydrogens (tertiary/aromatic N) is 1. The van der Waals surface area contributed by atoms with Crippen molar-refractivity contribution in [1.82, 2.24) is 5.43 Å². The third-order valence-corrected chi connectivity index (χ3v) is 4.66. The topological polar surface area (TPSA) is 45.6 Å². The Kier molecular flexibility index (Phi) is 7.32. The summed E-state index contributed by atoms with van der Waals surface area (Å²) < 4.78 is 5.39. The van der Waals surface area contributed by atoms with Crippen LogP contribution in [0, 0.1) is 0 Å². The minimum absolute atomic E-state index is 0.297. The summed E-state index contributed by atoms with van der Waals surface area (Å²) in [6, 6.07) is 10.9. The molecule has 0 radical (unpaired) electrons. The Morgan fingerprint density at radius 2 is 1.76 bits per heavy atom. The fourth-order valence-corrected chi connectivity index (χ4v) is 2.80. The van der Waals surface area contributed by atoms with E-state index >= 15 is 0 Å². The Morgan fingerprint density at radius 1 is 1.08 bits per heavy atom. The molecule has 2 rings (SSSR count). The molecule has 2 N–H and O–H groups in total. The maximum absolute atomic E-state index is 6.19. The number of hydrogen-bond donors (Lipinski definition) is 2. The standard InChI is InChI=1S/C17H16Cl3N3OS/c1-3-24-12-6-4-11(5-7-12)21-17(25)23-22-10(2)13-8-9-14(18)16(20)15(13)19/h4-9H,3H2,1-2H3,(H2,21,23,25)/b22-10+. The summed E-state index contributed by atoms with van der Waals surface area (Å²) in [5, 5.41) is 8.64. The molecule has 0 fully saturated rings. The molecule has 0 amide bonds. The van der Waals surface area contributed by atoms with Crippen LogP contribution in [-0.4, -0.2) is 17.4 Å². The molecule has 8 heteroatoms.